The van der Waals surface area contributed by atoms with Gasteiger partial charge in [0.25, 0.3) is 5.91 Å². The van der Waals surface area contributed by atoms with Crippen molar-refractivity contribution in [2.45, 2.75) is 80.5 Å². The molecular weight excluding hydrogens is 597 g/mol. The van der Waals surface area contributed by atoms with E-state index in [0.717, 1.165) is 9.80 Å². The molecule has 1 saturated carbocycles. The van der Waals surface area contributed by atoms with Gasteiger partial charge in [-0.2, -0.15) is 10.4 Å². The number of anilines is 1. The number of aromatic nitrogens is 2. The zero-order valence-electron chi connectivity index (χ0n) is 22.5. The summed E-state index contributed by atoms with van der Waals surface area (Å²) >= 11 is 0. The van der Waals surface area contributed by atoms with Gasteiger partial charge in [-0.15, -0.1) is 0 Å². The van der Waals surface area contributed by atoms with E-state index in [9.17, 15) is 48.2 Å². The van der Waals surface area contributed by atoms with Gasteiger partial charge in [0.2, 0.25) is 11.8 Å². The molecule has 1 aliphatic heterocycles. The summed E-state index contributed by atoms with van der Waals surface area (Å²) in [7, 11) is -10.1. The number of benzene rings is 1. The summed E-state index contributed by atoms with van der Waals surface area (Å²) in [5.41, 5.74) is -1.58. The van der Waals surface area contributed by atoms with Crippen molar-refractivity contribution < 1.29 is 42.9 Å². The van der Waals surface area contributed by atoms with E-state index in [4.69, 9.17) is 0 Å². The number of β-amino-alcohol motifs (C(OH)–C–C–N with tert-alkyl or cyclic N) is 1. The van der Waals surface area contributed by atoms with Crippen LogP contribution in [0.1, 0.15) is 56.3 Å². The SMILES string of the molecule is Cc1[nH]ncc1C(C(=O)NC1CCC(F)(F)CC1)N(C(=O)[C@H]1C[C@@](C)(O)CN1C#N)c1ccc(S(F)(F)(F)(F)F)cc1. The number of aromatic amines is 1. The van der Waals surface area contributed by atoms with Crippen LogP contribution in [0.4, 0.5) is 33.9 Å². The fraction of sp³-hybridized carbons (Fsp3) is 0.520. The van der Waals surface area contributed by atoms with Gasteiger partial charge in [-0.3, -0.25) is 24.5 Å². The second-order valence-corrected chi connectivity index (χ2v) is 13.5. The lowest BCUT2D eigenvalue weighted by Crippen LogP contribution is -2.52. The van der Waals surface area contributed by atoms with Gasteiger partial charge in [0.05, 0.1) is 18.3 Å². The summed E-state index contributed by atoms with van der Waals surface area (Å²) in [6.07, 6.45) is 1.49. The number of aliphatic hydroxyl groups is 1. The second-order valence-electron chi connectivity index (χ2n) is 11.1. The first-order valence-electron chi connectivity index (χ1n) is 12.8. The Hall–Kier alpha value is -3.52. The van der Waals surface area contributed by atoms with Crippen LogP contribution in [0.5, 0.6) is 0 Å². The van der Waals surface area contributed by atoms with Crippen molar-refractivity contribution in [2.75, 3.05) is 11.4 Å². The molecule has 232 valence electrons. The Labute approximate surface area is 236 Å². The molecular formula is C25H29F7N6O3S. The van der Waals surface area contributed by atoms with E-state index >= 15 is 0 Å². The Bertz CT molecular complexity index is 1400. The number of nitrogens with one attached hydrogen (secondary N) is 2. The lowest BCUT2D eigenvalue weighted by atomic mass is 9.91. The van der Waals surface area contributed by atoms with E-state index in [2.05, 4.69) is 15.5 Å². The summed E-state index contributed by atoms with van der Waals surface area (Å²) in [5, 5.41) is 29.3. The molecule has 1 unspecified atom stereocenters. The lowest BCUT2D eigenvalue weighted by molar-refractivity contribution is -0.129. The van der Waals surface area contributed by atoms with Gasteiger partial charge < -0.3 is 10.4 Å². The van der Waals surface area contributed by atoms with Crippen LogP contribution in [0.3, 0.4) is 0 Å². The number of alkyl halides is 2. The highest BCUT2D eigenvalue weighted by Crippen LogP contribution is 3.02. The fourth-order valence-corrected chi connectivity index (χ4v) is 5.97. The number of aryl methyl sites for hydroxylation is 1. The van der Waals surface area contributed by atoms with E-state index in [1.165, 1.54) is 20.0 Å². The van der Waals surface area contributed by atoms with Crippen molar-refractivity contribution in [1.29, 1.82) is 5.26 Å². The Kier molecular flexibility index (Phi) is 7.30. The average Bonchev–Trinajstić information content (AvgIpc) is 3.43. The van der Waals surface area contributed by atoms with Crippen LogP contribution in [-0.2, 0) is 9.59 Å². The minimum absolute atomic E-state index is 0.0760. The maximum Gasteiger partial charge on any atom is 0.310 e. The minimum atomic E-state index is -10.1. The van der Waals surface area contributed by atoms with Gasteiger partial charge in [0.15, 0.2) is 6.19 Å². The third-order valence-electron chi connectivity index (χ3n) is 7.47. The molecule has 0 radical (unpaired) electrons. The monoisotopic (exact) mass is 626 g/mol. The number of hydrogen-bond acceptors (Lipinski definition) is 6. The summed E-state index contributed by atoms with van der Waals surface area (Å²) in [6, 6.07) is -2.39. The number of hydrogen-bond donors (Lipinski definition) is 3. The Morgan fingerprint density at radius 2 is 1.79 bits per heavy atom. The first-order chi connectivity index (χ1) is 19.1. The van der Waals surface area contributed by atoms with Crippen LogP contribution in [0.2, 0.25) is 0 Å². The number of carbonyl (C=O) groups excluding carboxylic acids is 2. The summed E-state index contributed by atoms with van der Waals surface area (Å²) in [5.74, 6) is -4.80. The molecule has 0 bridgehead atoms. The molecule has 4 rings (SSSR count). The molecule has 2 aromatic rings. The van der Waals surface area contributed by atoms with Crippen LogP contribution >= 0.6 is 10.2 Å². The predicted molar refractivity (Wildman–Crippen MR) is 138 cm³/mol. The number of amides is 2. The standard InChI is InChI=1S/C25H29F7N6O3S/c1-15-19(12-34-36-15)21(22(39)35-16-7-9-25(26,27)10-8-16)38(23(40)20-11-24(2,41)13-37(20)14-33)17-3-5-18(6-4-17)42(28,29,30,31)32/h3-6,12,16,20-21,41H,7-11,13H2,1-2H3,(H,34,36)(H,35,39)/t20-,21?,24-/m1/s1. The van der Waals surface area contributed by atoms with E-state index in [1.807, 2.05) is 0 Å². The van der Waals surface area contributed by atoms with Crippen LogP contribution < -0.4 is 10.2 Å². The van der Waals surface area contributed by atoms with Crippen LogP contribution in [0.15, 0.2) is 35.4 Å². The molecule has 17 heteroatoms. The van der Waals surface area contributed by atoms with Crippen molar-refractivity contribution in [2.24, 2.45) is 0 Å². The van der Waals surface area contributed by atoms with Gasteiger partial charge in [0.1, 0.15) is 17.0 Å². The van der Waals surface area contributed by atoms with Crippen molar-refractivity contribution in [3.63, 3.8) is 0 Å². The molecule has 2 aliphatic rings. The number of nitrogens with zero attached hydrogens (tertiary/aromatic N) is 4. The molecule has 2 heterocycles. The van der Waals surface area contributed by atoms with Gasteiger partial charge >= 0.3 is 10.2 Å². The van der Waals surface area contributed by atoms with Crippen molar-refractivity contribution >= 4 is 27.7 Å². The maximum absolute atomic E-state index is 14.1. The van der Waals surface area contributed by atoms with Gasteiger partial charge in [0, 0.05) is 42.2 Å². The average molecular weight is 627 g/mol. The first-order valence-corrected chi connectivity index (χ1v) is 14.8. The molecule has 3 atom stereocenters. The van der Waals surface area contributed by atoms with E-state index < -0.39 is 75.1 Å². The zero-order chi connectivity index (χ0) is 31.4. The van der Waals surface area contributed by atoms with Crippen LogP contribution in [0.25, 0.3) is 0 Å². The maximum atomic E-state index is 14.1. The number of nitriles is 1. The van der Waals surface area contributed by atoms with E-state index in [0.29, 0.717) is 12.1 Å². The van der Waals surface area contributed by atoms with Crippen molar-refractivity contribution in [3.05, 3.63) is 41.7 Å². The number of rotatable bonds is 7. The molecule has 9 nitrogen and oxygen atoms in total. The minimum Gasteiger partial charge on any atom is -0.388 e. The van der Waals surface area contributed by atoms with Gasteiger partial charge in [-0.1, -0.05) is 19.4 Å². The van der Waals surface area contributed by atoms with Crippen molar-refractivity contribution in [1.82, 2.24) is 20.4 Å². The van der Waals surface area contributed by atoms with Crippen LogP contribution in [0, 0.1) is 18.4 Å². The summed E-state index contributed by atoms with van der Waals surface area (Å²) in [4.78, 5) is 27.4. The highest BCUT2D eigenvalue weighted by atomic mass is 32.5. The number of carbonyl (C=O) groups is 2. The number of H-pyrrole nitrogens is 1. The highest BCUT2D eigenvalue weighted by molar-refractivity contribution is 8.45. The van der Waals surface area contributed by atoms with Gasteiger partial charge in [-0.05, 0) is 51.0 Å². The molecule has 42 heavy (non-hydrogen) atoms. The van der Waals surface area contributed by atoms with E-state index in [-0.39, 0.29) is 49.2 Å². The molecule has 3 N–H and O–H groups in total. The molecule has 2 fully saturated rings. The summed E-state index contributed by atoms with van der Waals surface area (Å²) in [6.45, 7) is 2.59. The molecule has 2 amide bonds. The molecule has 1 aromatic carbocycles. The van der Waals surface area contributed by atoms with E-state index in [1.54, 1.807) is 6.19 Å². The third kappa shape index (κ3) is 6.75. The predicted octanol–water partition coefficient (Wildman–Crippen LogP) is 5.45. The molecule has 0 spiro atoms. The lowest BCUT2D eigenvalue weighted by Gasteiger charge is -2.41. The zero-order valence-corrected chi connectivity index (χ0v) is 23.3. The first kappa shape index (κ1) is 31.4. The van der Waals surface area contributed by atoms with Crippen molar-refractivity contribution in [3.8, 4) is 6.19 Å². The fourth-order valence-electron chi connectivity index (χ4n) is 5.32. The highest BCUT2D eigenvalue weighted by Gasteiger charge is 2.65. The third-order valence-corrected chi connectivity index (χ3v) is 8.63. The Morgan fingerprint density at radius 3 is 2.29 bits per heavy atom. The normalized spacial score (nSPS) is 25.2. The quantitative estimate of drug-likeness (QED) is 0.277. The topological polar surface area (TPSA) is 125 Å². The van der Waals surface area contributed by atoms with Gasteiger partial charge in [-0.25, -0.2) is 8.78 Å². The second kappa shape index (κ2) is 9.76. The number of halogens is 7. The Morgan fingerprint density at radius 1 is 1.19 bits per heavy atom. The molecule has 1 aromatic heterocycles. The molecule has 1 aliphatic carbocycles. The van der Waals surface area contributed by atoms with Crippen LogP contribution in [-0.4, -0.2) is 62.2 Å². The number of likely N-dealkylation sites (tertiary alicyclic amines) is 1. The summed E-state index contributed by atoms with van der Waals surface area (Å²) < 4.78 is 94.8. The largest absolute Gasteiger partial charge is 0.388 e. The molecule has 1 saturated heterocycles. The smallest absolute Gasteiger partial charge is 0.310 e. The Balaban J connectivity index is 1.82.